The van der Waals surface area contributed by atoms with Crippen LogP contribution in [0.25, 0.3) is 0 Å². The summed E-state index contributed by atoms with van der Waals surface area (Å²) in [6, 6.07) is 6.01. The zero-order valence-electron chi connectivity index (χ0n) is 10.9. The van der Waals surface area contributed by atoms with Crippen molar-refractivity contribution >= 4 is 5.69 Å². The molecular formula is C14H21NO3. The Kier molecular flexibility index (Phi) is 5.15. The second kappa shape index (κ2) is 7.11. The van der Waals surface area contributed by atoms with Gasteiger partial charge in [0.1, 0.15) is 0 Å². The number of rotatable bonds is 6. The first-order valence-electron chi connectivity index (χ1n) is 6.52. The number of hydrogen-bond acceptors (Lipinski definition) is 4. The van der Waals surface area contributed by atoms with Gasteiger partial charge in [-0.15, -0.1) is 0 Å². The highest BCUT2D eigenvalue weighted by atomic mass is 16.5. The summed E-state index contributed by atoms with van der Waals surface area (Å²) in [6.45, 7) is 3.23. The van der Waals surface area contributed by atoms with Gasteiger partial charge in [-0.2, -0.15) is 0 Å². The zero-order valence-corrected chi connectivity index (χ0v) is 10.9. The number of anilines is 1. The number of hydrogen-bond donors (Lipinski definition) is 1. The van der Waals surface area contributed by atoms with E-state index in [4.69, 9.17) is 14.2 Å². The Balaban J connectivity index is 1.84. The Bertz CT molecular complexity index is 368. The van der Waals surface area contributed by atoms with Crippen LogP contribution in [0.1, 0.15) is 19.3 Å². The van der Waals surface area contributed by atoms with Gasteiger partial charge in [0.25, 0.3) is 0 Å². The lowest BCUT2D eigenvalue weighted by Crippen LogP contribution is -2.03. The molecule has 18 heavy (non-hydrogen) atoms. The predicted octanol–water partition coefficient (Wildman–Crippen LogP) is 2.69. The average Bonchev–Trinajstić information content (AvgIpc) is 2.63. The van der Waals surface area contributed by atoms with Crippen molar-refractivity contribution in [2.75, 3.05) is 38.8 Å². The van der Waals surface area contributed by atoms with E-state index in [2.05, 4.69) is 5.32 Å². The molecule has 2 rings (SSSR count). The highest BCUT2D eigenvalue weighted by Crippen LogP contribution is 2.32. The molecule has 1 aliphatic heterocycles. The summed E-state index contributed by atoms with van der Waals surface area (Å²) in [7, 11) is 1.73. The minimum absolute atomic E-state index is 0.726. The lowest BCUT2D eigenvalue weighted by atomic mass is 10.2. The van der Waals surface area contributed by atoms with Gasteiger partial charge < -0.3 is 19.5 Å². The van der Waals surface area contributed by atoms with Gasteiger partial charge in [0, 0.05) is 38.4 Å². The Morgan fingerprint density at radius 1 is 1.17 bits per heavy atom. The van der Waals surface area contributed by atoms with Crippen molar-refractivity contribution in [2.45, 2.75) is 19.3 Å². The molecule has 0 radical (unpaired) electrons. The predicted molar refractivity (Wildman–Crippen MR) is 71.6 cm³/mol. The van der Waals surface area contributed by atoms with E-state index in [-0.39, 0.29) is 0 Å². The van der Waals surface area contributed by atoms with Crippen LogP contribution in [0.3, 0.4) is 0 Å². The molecule has 1 aliphatic rings. The molecule has 0 amide bonds. The van der Waals surface area contributed by atoms with Crippen LogP contribution >= 0.6 is 0 Å². The molecule has 0 bridgehead atoms. The van der Waals surface area contributed by atoms with Crippen molar-refractivity contribution in [3.8, 4) is 11.5 Å². The minimum Gasteiger partial charge on any atom is -0.490 e. The van der Waals surface area contributed by atoms with Crippen LogP contribution in [0.5, 0.6) is 11.5 Å². The fourth-order valence-corrected chi connectivity index (χ4v) is 1.88. The van der Waals surface area contributed by atoms with Crippen LogP contribution in [0.2, 0.25) is 0 Å². The van der Waals surface area contributed by atoms with Gasteiger partial charge in [0.15, 0.2) is 11.5 Å². The first-order valence-corrected chi connectivity index (χ1v) is 6.52. The SMILES string of the molecule is COCCCCNc1ccc2c(c1)OCCCO2. The number of benzene rings is 1. The van der Waals surface area contributed by atoms with E-state index in [0.717, 1.165) is 62.8 Å². The van der Waals surface area contributed by atoms with E-state index < -0.39 is 0 Å². The molecule has 1 heterocycles. The number of ether oxygens (including phenoxy) is 3. The van der Waals surface area contributed by atoms with Crippen molar-refractivity contribution in [1.29, 1.82) is 0 Å². The molecule has 0 spiro atoms. The van der Waals surface area contributed by atoms with Crippen LogP contribution in [-0.4, -0.2) is 33.5 Å². The van der Waals surface area contributed by atoms with Crippen molar-refractivity contribution in [2.24, 2.45) is 0 Å². The molecule has 1 aromatic rings. The van der Waals surface area contributed by atoms with Gasteiger partial charge in [-0.05, 0) is 25.0 Å². The molecule has 0 unspecified atom stereocenters. The highest BCUT2D eigenvalue weighted by molar-refractivity contribution is 5.54. The van der Waals surface area contributed by atoms with E-state index in [1.807, 2.05) is 18.2 Å². The Morgan fingerprint density at radius 3 is 2.83 bits per heavy atom. The summed E-state index contributed by atoms with van der Waals surface area (Å²) in [5.74, 6) is 1.69. The maximum absolute atomic E-state index is 5.65. The van der Waals surface area contributed by atoms with Gasteiger partial charge in [0.05, 0.1) is 13.2 Å². The second-order valence-electron chi connectivity index (χ2n) is 4.34. The maximum atomic E-state index is 5.65. The van der Waals surface area contributed by atoms with Gasteiger partial charge in [-0.25, -0.2) is 0 Å². The second-order valence-corrected chi connectivity index (χ2v) is 4.34. The van der Waals surface area contributed by atoms with E-state index in [9.17, 15) is 0 Å². The third-order valence-corrected chi connectivity index (χ3v) is 2.85. The number of unbranched alkanes of at least 4 members (excludes halogenated alkanes) is 1. The molecule has 1 N–H and O–H groups in total. The molecule has 0 atom stereocenters. The van der Waals surface area contributed by atoms with Crippen molar-refractivity contribution in [3.05, 3.63) is 18.2 Å². The first kappa shape index (κ1) is 13.0. The van der Waals surface area contributed by atoms with Crippen molar-refractivity contribution in [1.82, 2.24) is 0 Å². The molecule has 100 valence electrons. The van der Waals surface area contributed by atoms with E-state index in [1.54, 1.807) is 7.11 Å². The van der Waals surface area contributed by atoms with Crippen molar-refractivity contribution < 1.29 is 14.2 Å². The minimum atomic E-state index is 0.726. The number of nitrogens with one attached hydrogen (secondary N) is 1. The van der Waals surface area contributed by atoms with Gasteiger partial charge in [0.2, 0.25) is 0 Å². The van der Waals surface area contributed by atoms with Gasteiger partial charge in [-0.1, -0.05) is 0 Å². The molecule has 4 heteroatoms. The summed E-state index contributed by atoms with van der Waals surface area (Å²) in [4.78, 5) is 0. The average molecular weight is 251 g/mol. The number of fused-ring (bicyclic) bond motifs is 1. The number of methoxy groups -OCH3 is 1. The van der Waals surface area contributed by atoms with Crippen molar-refractivity contribution in [3.63, 3.8) is 0 Å². The summed E-state index contributed by atoms with van der Waals surface area (Å²) >= 11 is 0. The topological polar surface area (TPSA) is 39.7 Å². The highest BCUT2D eigenvalue weighted by Gasteiger charge is 2.10. The molecule has 0 saturated carbocycles. The molecule has 0 saturated heterocycles. The summed E-state index contributed by atoms with van der Waals surface area (Å²) < 4.78 is 16.3. The smallest absolute Gasteiger partial charge is 0.163 e. The third-order valence-electron chi connectivity index (χ3n) is 2.85. The van der Waals surface area contributed by atoms with Crippen LogP contribution in [0.15, 0.2) is 18.2 Å². The molecule has 0 aromatic heterocycles. The first-order chi connectivity index (χ1) is 8.90. The Labute approximate surface area is 108 Å². The zero-order chi connectivity index (χ0) is 12.6. The fraction of sp³-hybridized carbons (Fsp3) is 0.571. The molecule has 1 aromatic carbocycles. The monoisotopic (exact) mass is 251 g/mol. The van der Waals surface area contributed by atoms with Crippen LogP contribution in [0.4, 0.5) is 5.69 Å². The quantitative estimate of drug-likeness (QED) is 0.789. The third kappa shape index (κ3) is 3.81. The standard InChI is InChI=1S/C14H21NO3/c1-16-8-3-2-7-15-12-5-6-13-14(11-12)18-10-4-9-17-13/h5-6,11,15H,2-4,7-10H2,1H3. The van der Waals surface area contributed by atoms with E-state index >= 15 is 0 Å². The van der Waals surface area contributed by atoms with E-state index in [0.29, 0.717) is 0 Å². The van der Waals surface area contributed by atoms with Crippen LogP contribution in [0, 0.1) is 0 Å². The van der Waals surface area contributed by atoms with Gasteiger partial charge >= 0.3 is 0 Å². The molecule has 0 aliphatic carbocycles. The molecule has 4 nitrogen and oxygen atoms in total. The van der Waals surface area contributed by atoms with Gasteiger partial charge in [-0.3, -0.25) is 0 Å². The summed E-state index contributed by atoms with van der Waals surface area (Å²) in [5.41, 5.74) is 1.08. The lowest BCUT2D eigenvalue weighted by Gasteiger charge is -2.11. The summed E-state index contributed by atoms with van der Waals surface area (Å²) in [6.07, 6.45) is 3.12. The maximum Gasteiger partial charge on any atom is 0.163 e. The largest absolute Gasteiger partial charge is 0.490 e. The summed E-state index contributed by atoms with van der Waals surface area (Å²) in [5, 5.41) is 3.38. The van der Waals surface area contributed by atoms with E-state index in [1.165, 1.54) is 0 Å². The Morgan fingerprint density at radius 2 is 2.00 bits per heavy atom. The Hall–Kier alpha value is -1.42. The van der Waals surface area contributed by atoms with Crippen LogP contribution < -0.4 is 14.8 Å². The lowest BCUT2D eigenvalue weighted by molar-refractivity contribution is 0.194. The molecule has 0 fully saturated rings. The normalized spacial score (nSPS) is 14.1. The van der Waals surface area contributed by atoms with Crippen LogP contribution in [-0.2, 0) is 4.74 Å². The molecular weight excluding hydrogens is 230 g/mol. The fourth-order valence-electron chi connectivity index (χ4n) is 1.88.